The van der Waals surface area contributed by atoms with Gasteiger partial charge in [0.2, 0.25) is 0 Å². The number of aromatic nitrogens is 2. The minimum Gasteiger partial charge on any atom is -0.306 e. The van der Waals surface area contributed by atoms with Crippen LogP contribution in [0.1, 0.15) is 32.0 Å². The molecule has 0 saturated carbocycles. The molecule has 90 valence electrons. The summed E-state index contributed by atoms with van der Waals surface area (Å²) in [6.07, 6.45) is 0. The molecule has 0 radical (unpaired) electrons. The summed E-state index contributed by atoms with van der Waals surface area (Å²) in [5, 5.41) is 2.01. The van der Waals surface area contributed by atoms with Crippen molar-refractivity contribution in [2.75, 3.05) is 0 Å². The van der Waals surface area contributed by atoms with Crippen LogP contribution in [0.5, 0.6) is 0 Å². The van der Waals surface area contributed by atoms with E-state index >= 15 is 0 Å². The maximum atomic E-state index is 11.7. The number of thiophene rings is 1. The molecule has 0 unspecified atom stereocenters. The first-order valence-electron chi connectivity index (χ1n) is 5.54. The van der Waals surface area contributed by atoms with Crippen LogP contribution in [-0.4, -0.2) is 9.97 Å². The molecule has 1 N–H and O–H groups in total. The summed E-state index contributed by atoms with van der Waals surface area (Å²) < 4.78 is 0. The summed E-state index contributed by atoms with van der Waals surface area (Å²) in [5.74, 6) is 0.676. The first-order valence-corrected chi connectivity index (χ1v) is 6.42. The zero-order valence-electron chi connectivity index (χ0n) is 10.5. The molecule has 2 rings (SSSR count). The van der Waals surface area contributed by atoms with Gasteiger partial charge in [0.05, 0.1) is 10.6 Å². The second-order valence-corrected chi connectivity index (χ2v) is 6.08. The maximum Gasteiger partial charge on any atom is 0.251 e. The second-order valence-electron chi connectivity index (χ2n) is 5.16. The first kappa shape index (κ1) is 12.0. The van der Waals surface area contributed by atoms with E-state index in [1.54, 1.807) is 17.4 Å². The predicted octanol–water partition coefficient (Wildman–Crippen LogP) is 3.10. The van der Waals surface area contributed by atoms with E-state index in [1.165, 1.54) is 0 Å². The molecule has 2 aromatic heterocycles. The average molecular weight is 248 g/mol. The summed E-state index contributed by atoms with van der Waals surface area (Å²) in [6.45, 7) is 8.19. The molecule has 0 saturated heterocycles. The Labute approximate surface area is 105 Å². The minimum absolute atomic E-state index is 0.0901. The molecule has 0 atom stereocenters. The Hall–Kier alpha value is -1.42. The smallest absolute Gasteiger partial charge is 0.251 e. The van der Waals surface area contributed by atoms with Crippen LogP contribution in [0.15, 0.2) is 22.3 Å². The van der Waals surface area contributed by atoms with E-state index in [4.69, 9.17) is 0 Å². The molecule has 0 amide bonds. The van der Waals surface area contributed by atoms with Gasteiger partial charge in [0.25, 0.3) is 5.56 Å². The van der Waals surface area contributed by atoms with Crippen molar-refractivity contribution in [3.8, 4) is 10.7 Å². The molecule has 0 aliphatic carbocycles. The lowest BCUT2D eigenvalue weighted by atomic mass is 9.92. The van der Waals surface area contributed by atoms with Gasteiger partial charge in [-0.1, -0.05) is 20.8 Å². The van der Waals surface area contributed by atoms with E-state index in [9.17, 15) is 4.79 Å². The van der Waals surface area contributed by atoms with Crippen LogP contribution in [0.25, 0.3) is 10.7 Å². The van der Waals surface area contributed by atoms with Gasteiger partial charge in [-0.25, -0.2) is 4.98 Å². The largest absolute Gasteiger partial charge is 0.306 e. The summed E-state index contributed by atoms with van der Waals surface area (Å²) in [5.41, 5.74) is 1.76. The van der Waals surface area contributed by atoms with Crippen LogP contribution in [0.4, 0.5) is 0 Å². The SMILES string of the molecule is Cc1ccsc1-c1nc(C(C)(C)C)cc(=O)[nH]1. The van der Waals surface area contributed by atoms with Crippen molar-refractivity contribution < 1.29 is 0 Å². The van der Waals surface area contributed by atoms with E-state index in [1.807, 2.05) is 18.4 Å². The van der Waals surface area contributed by atoms with Crippen LogP contribution >= 0.6 is 11.3 Å². The third kappa shape index (κ3) is 2.47. The molecule has 0 bridgehead atoms. The average Bonchev–Trinajstić information content (AvgIpc) is 2.62. The predicted molar refractivity (Wildman–Crippen MR) is 71.6 cm³/mol. The topological polar surface area (TPSA) is 45.8 Å². The van der Waals surface area contributed by atoms with Gasteiger partial charge in [0.1, 0.15) is 0 Å². The molecule has 2 heterocycles. The Morgan fingerprint density at radius 2 is 2.06 bits per heavy atom. The highest BCUT2D eigenvalue weighted by Gasteiger charge is 2.18. The quantitative estimate of drug-likeness (QED) is 0.843. The van der Waals surface area contributed by atoms with E-state index < -0.39 is 0 Å². The van der Waals surface area contributed by atoms with E-state index in [0.717, 1.165) is 16.1 Å². The molecular weight excluding hydrogens is 232 g/mol. The van der Waals surface area contributed by atoms with Gasteiger partial charge in [-0.2, -0.15) is 0 Å². The number of aromatic amines is 1. The van der Waals surface area contributed by atoms with E-state index in [2.05, 4.69) is 30.7 Å². The van der Waals surface area contributed by atoms with Crippen molar-refractivity contribution in [1.29, 1.82) is 0 Å². The number of nitrogens with zero attached hydrogens (tertiary/aromatic N) is 1. The van der Waals surface area contributed by atoms with Gasteiger partial charge in [-0.15, -0.1) is 11.3 Å². The van der Waals surface area contributed by atoms with Crippen molar-refractivity contribution in [3.05, 3.63) is 39.1 Å². The molecule has 0 spiro atoms. The fourth-order valence-corrected chi connectivity index (χ4v) is 2.44. The van der Waals surface area contributed by atoms with Gasteiger partial charge in [-0.05, 0) is 23.9 Å². The molecule has 0 aliphatic rings. The highest BCUT2D eigenvalue weighted by atomic mass is 32.1. The Balaban J connectivity index is 2.61. The summed E-state index contributed by atoms with van der Waals surface area (Å²) in [4.78, 5) is 20.1. The van der Waals surface area contributed by atoms with Crippen molar-refractivity contribution in [2.24, 2.45) is 0 Å². The highest BCUT2D eigenvalue weighted by Crippen LogP contribution is 2.27. The van der Waals surface area contributed by atoms with E-state index in [0.29, 0.717) is 5.82 Å². The lowest BCUT2D eigenvalue weighted by molar-refractivity contribution is 0.566. The number of hydrogen-bond acceptors (Lipinski definition) is 3. The van der Waals surface area contributed by atoms with Crippen molar-refractivity contribution in [3.63, 3.8) is 0 Å². The van der Waals surface area contributed by atoms with Gasteiger partial charge >= 0.3 is 0 Å². The zero-order valence-corrected chi connectivity index (χ0v) is 11.3. The molecule has 3 nitrogen and oxygen atoms in total. The summed E-state index contributed by atoms with van der Waals surface area (Å²) in [6, 6.07) is 3.61. The van der Waals surface area contributed by atoms with E-state index in [-0.39, 0.29) is 11.0 Å². The summed E-state index contributed by atoms with van der Waals surface area (Å²) >= 11 is 1.60. The minimum atomic E-state index is -0.117. The van der Waals surface area contributed by atoms with Gasteiger partial charge in [0.15, 0.2) is 5.82 Å². The van der Waals surface area contributed by atoms with Crippen LogP contribution < -0.4 is 5.56 Å². The zero-order chi connectivity index (χ0) is 12.6. The number of nitrogens with one attached hydrogen (secondary N) is 1. The molecule has 17 heavy (non-hydrogen) atoms. The lowest BCUT2D eigenvalue weighted by Gasteiger charge is -2.17. The van der Waals surface area contributed by atoms with Crippen molar-refractivity contribution in [1.82, 2.24) is 9.97 Å². The Kier molecular flexibility index (Phi) is 2.91. The van der Waals surface area contributed by atoms with Gasteiger partial charge < -0.3 is 4.98 Å². The van der Waals surface area contributed by atoms with Gasteiger partial charge in [-0.3, -0.25) is 4.79 Å². The molecule has 4 heteroatoms. The molecule has 0 aliphatic heterocycles. The summed E-state index contributed by atoms with van der Waals surface area (Å²) in [7, 11) is 0. The van der Waals surface area contributed by atoms with Gasteiger partial charge in [0, 0.05) is 11.5 Å². The standard InChI is InChI=1S/C13H16N2OS/c1-8-5-6-17-11(8)12-14-9(13(2,3)4)7-10(16)15-12/h5-7H,1-4H3,(H,14,15,16). The molecule has 0 fully saturated rings. The fourth-order valence-electron chi connectivity index (χ4n) is 1.56. The number of hydrogen-bond donors (Lipinski definition) is 1. The van der Waals surface area contributed by atoms with Crippen LogP contribution in [0.3, 0.4) is 0 Å². The normalized spacial score (nSPS) is 11.8. The number of rotatable bonds is 1. The molecule has 0 aromatic carbocycles. The van der Waals surface area contributed by atoms with Crippen LogP contribution in [0.2, 0.25) is 0 Å². The number of H-pyrrole nitrogens is 1. The third-order valence-corrected chi connectivity index (χ3v) is 3.61. The van der Waals surface area contributed by atoms with Crippen molar-refractivity contribution >= 4 is 11.3 Å². The fraction of sp³-hybridized carbons (Fsp3) is 0.385. The Bertz CT molecular complexity index is 590. The Morgan fingerprint density at radius 3 is 2.59 bits per heavy atom. The van der Waals surface area contributed by atoms with Crippen LogP contribution in [-0.2, 0) is 5.41 Å². The highest BCUT2D eigenvalue weighted by molar-refractivity contribution is 7.13. The van der Waals surface area contributed by atoms with Crippen LogP contribution in [0, 0.1) is 6.92 Å². The second kappa shape index (κ2) is 4.11. The molecular formula is C13H16N2OS. The third-order valence-electron chi connectivity index (χ3n) is 2.59. The first-order chi connectivity index (χ1) is 7.88. The number of aryl methyl sites for hydroxylation is 1. The lowest BCUT2D eigenvalue weighted by Crippen LogP contribution is -2.19. The van der Waals surface area contributed by atoms with Crippen molar-refractivity contribution in [2.45, 2.75) is 33.1 Å². The Morgan fingerprint density at radius 1 is 1.35 bits per heavy atom. The molecule has 2 aromatic rings. The monoisotopic (exact) mass is 248 g/mol. The maximum absolute atomic E-state index is 11.7.